The van der Waals surface area contributed by atoms with Crippen LogP contribution >= 0.6 is 23.7 Å². The van der Waals surface area contributed by atoms with Crippen LogP contribution in [0.15, 0.2) is 63.8 Å². The Hall–Kier alpha value is -3.30. The van der Waals surface area contributed by atoms with Crippen molar-refractivity contribution in [2.45, 2.75) is 20.3 Å². The molecule has 1 saturated heterocycles. The predicted octanol–water partition coefficient (Wildman–Crippen LogP) is 5.96. The molecule has 0 spiro atoms. The number of ether oxygens (including phenoxy) is 1. The Kier molecular flexibility index (Phi) is 8.00. The summed E-state index contributed by atoms with van der Waals surface area (Å²) in [7, 11) is 0. The molecule has 6 rings (SSSR count). The van der Waals surface area contributed by atoms with Crippen molar-refractivity contribution in [2.24, 2.45) is 0 Å². The summed E-state index contributed by atoms with van der Waals surface area (Å²) in [5.41, 5.74) is 2.96. The van der Waals surface area contributed by atoms with E-state index in [9.17, 15) is 9.59 Å². The lowest BCUT2D eigenvalue weighted by atomic mass is 10.0. The molecule has 3 heterocycles. The first-order valence-corrected chi connectivity index (χ1v) is 13.7. The van der Waals surface area contributed by atoms with E-state index in [1.165, 1.54) is 11.3 Å². The van der Waals surface area contributed by atoms with Gasteiger partial charge in [0.05, 0.1) is 23.4 Å². The minimum atomic E-state index is -0.635. The Balaban J connectivity index is 0.00000308. The number of anilines is 1. The van der Waals surface area contributed by atoms with Crippen LogP contribution in [0.4, 0.5) is 5.13 Å². The number of carbonyl (C=O) groups is 1. The fourth-order valence-electron chi connectivity index (χ4n) is 5.20. The molecule has 0 saturated carbocycles. The van der Waals surface area contributed by atoms with Crippen LogP contribution in [0.5, 0.6) is 0 Å². The molecule has 5 aromatic rings. The van der Waals surface area contributed by atoms with E-state index in [0.29, 0.717) is 17.3 Å². The minimum Gasteiger partial charge on any atom is -0.422 e. The number of hydrogen-bond acceptors (Lipinski definition) is 7. The van der Waals surface area contributed by atoms with Gasteiger partial charge in [0.1, 0.15) is 11.1 Å². The minimum absolute atomic E-state index is 0. The second kappa shape index (κ2) is 11.4. The lowest BCUT2D eigenvalue weighted by Crippen LogP contribution is -2.40. The van der Waals surface area contributed by atoms with Crippen molar-refractivity contribution < 1.29 is 13.9 Å². The molecule has 7 nitrogen and oxygen atoms in total. The standard InChI is InChI=1S/C30H29N3O4S.ClH/c1-19-16-20(2)27-26(17-19)38-30(31-27)33(11-5-10-32-12-14-36-15-13-32)28(34)24-18-23-22-7-4-3-6-21(22)8-9-25(23)37-29(24)35;/h3-4,6-9,16-18H,5,10-15H2,1-2H3;1H. The molecule has 0 aliphatic carbocycles. The van der Waals surface area contributed by atoms with E-state index in [1.54, 1.807) is 17.0 Å². The molecule has 0 bridgehead atoms. The fraction of sp³-hybridized carbons (Fsp3) is 0.300. The number of carbonyl (C=O) groups excluding carboxylic acids is 1. The average Bonchev–Trinajstić information content (AvgIpc) is 3.35. The number of aromatic nitrogens is 1. The molecule has 9 heteroatoms. The second-order valence-electron chi connectivity index (χ2n) is 9.84. The molecule has 0 N–H and O–H groups in total. The van der Waals surface area contributed by atoms with E-state index in [1.807, 2.05) is 37.3 Å². The van der Waals surface area contributed by atoms with Crippen LogP contribution in [0.1, 0.15) is 27.9 Å². The Morgan fingerprint density at radius 1 is 1.05 bits per heavy atom. The third kappa shape index (κ3) is 5.43. The number of hydrogen-bond donors (Lipinski definition) is 0. The molecule has 39 heavy (non-hydrogen) atoms. The topological polar surface area (TPSA) is 75.9 Å². The Labute approximate surface area is 236 Å². The summed E-state index contributed by atoms with van der Waals surface area (Å²) in [6.07, 6.45) is 0.752. The van der Waals surface area contributed by atoms with Crippen molar-refractivity contribution in [1.82, 2.24) is 9.88 Å². The van der Waals surface area contributed by atoms with Crippen LogP contribution in [0, 0.1) is 13.8 Å². The zero-order valence-electron chi connectivity index (χ0n) is 21.9. The molecular formula is C30H30ClN3O4S. The van der Waals surface area contributed by atoms with E-state index in [-0.39, 0.29) is 23.9 Å². The monoisotopic (exact) mass is 563 g/mol. The van der Waals surface area contributed by atoms with Gasteiger partial charge in [0.15, 0.2) is 5.13 Å². The van der Waals surface area contributed by atoms with E-state index in [2.05, 4.69) is 24.0 Å². The molecule has 0 unspecified atom stereocenters. The fourth-order valence-corrected chi connectivity index (χ4v) is 6.37. The molecule has 0 atom stereocenters. The second-order valence-corrected chi connectivity index (χ2v) is 10.8. The Morgan fingerprint density at radius 3 is 2.67 bits per heavy atom. The largest absolute Gasteiger partial charge is 0.422 e. The number of amides is 1. The van der Waals surface area contributed by atoms with Gasteiger partial charge in [-0.2, -0.15) is 0 Å². The van der Waals surface area contributed by atoms with Crippen LogP contribution in [0.2, 0.25) is 0 Å². The quantitative estimate of drug-likeness (QED) is 0.187. The lowest BCUT2D eigenvalue weighted by Gasteiger charge is -2.27. The number of nitrogens with zero attached hydrogens (tertiary/aromatic N) is 3. The lowest BCUT2D eigenvalue weighted by molar-refractivity contribution is 0.0376. The highest BCUT2D eigenvalue weighted by molar-refractivity contribution is 7.22. The molecule has 1 aliphatic rings. The number of aryl methyl sites for hydroxylation is 2. The van der Waals surface area contributed by atoms with Crippen LogP contribution < -0.4 is 10.5 Å². The highest BCUT2D eigenvalue weighted by Gasteiger charge is 2.26. The van der Waals surface area contributed by atoms with Gasteiger partial charge in [-0.1, -0.05) is 47.7 Å². The van der Waals surface area contributed by atoms with Crippen molar-refractivity contribution in [3.63, 3.8) is 0 Å². The highest BCUT2D eigenvalue weighted by atomic mass is 35.5. The third-order valence-electron chi connectivity index (χ3n) is 7.13. The maximum Gasteiger partial charge on any atom is 0.349 e. The zero-order valence-corrected chi connectivity index (χ0v) is 23.6. The van der Waals surface area contributed by atoms with E-state index in [0.717, 1.165) is 76.8 Å². The van der Waals surface area contributed by atoms with Gasteiger partial charge in [0.2, 0.25) is 0 Å². The van der Waals surface area contributed by atoms with Crippen LogP contribution in [0.25, 0.3) is 32.0 Å². The summed E-state index contributed by atoms with van der Waals surface area (Å²) in [4.78, 5) is 36.0. The molecule has 202 valence electrons. The van der Waals surface area contributed by atoms with E-state index >= 15 is 0 Å². The summed E-state index contributed by atoms with van der Waals surface area (Å²) in [6, 6.07) is 17.5. The molecule has 1 amide bonds. The van der Waals surface area contributed by atoms with Gasteiger partial charge in [-0.15, -0.1) is 12.4 Å². The van der Waals surface area contributed by atoms with Crippen molar-refractivity contribution in [3.8, 4) is 0 Å². The number of rotatable bonds is 6. The Morgan fingerprint density at radius 2 is 1.85 bits per heavy atom. The first kappa shape index (κ1) is 27.3. The van der Waals surface area contributed by atoms with E-state index in [4.69, 9.17) is 14.1 Å². The molecule has 0 radical (unpaired) electrons. The van der Waals surface area contributed by atoms with Gasteiger partial charge in [-0.3, -0.25) is 14.6 Å². The number of morpholine rings is 1. The SMILES string of the molecule is Cc1cc(C)c2nc(N(CCCN3CCOCC3)C(=O)c3cc4c(ccc5ccccc54)oc3=O)sc2c1.Cl. The van der Waals surface area contributed by atoms with Gasteiger partial charge in [-0.25, -0.2) is 9.78 Å². The summed E-state index contributed by atoms with van der Waals surface area (Å²) in [5.74, 6) is -0.385. The molecular weight excluding hydrogens is 534 g/mol. The van der Waals surface area contributed by atoms with Gasteiger partial charge >= 0.3 is 5.63 Å². The summed E-state index contributed by atoms with van der Waals surface area (Å²) in [6.45, 7) is 8.60. The molecule has 3 aromatic carbocycles. The number of fused-ring (bicyclic) bond motifs is 4. The number of thiazole rings is 1. The maximum absolute atomic E-state index is 14.1. The molecule has 2 aromatic heterocycles. The first-order valence-electron chi connectivity index (χ1n) is 12.9. The first-order chi connectivity index (χ1) is 18.5. The summed E-state index contributed by atoms with van der Waals surface area (Å²) < 4.78 is 12.2. The molecule has 1 fully saturated rings. The number of benzene rings is 3. The van der Waals surface area contributed by atoms with Gasteiger partial charge in [-0.05, 0) is 60.4 Å². The van der Waals surface area contributed by atoms with Gasteiger partial charge in [0.25, 0.3) is 5.91 Å². The number of halogens is 1. The van der Waals surface area contributed by atoms with Gasteiger partial charge in [0, 0.05) is 31.6 Å². The summed E-state index contributed by atoms with van der Waals surface area (Å²) >= 11 is 1.48. The summed E-state index contributed by atoms with van der Waals surface area (Å²) in [5, 5.41) is 3.30. The molecule has 1 aliphatic heterocycles. The van der Waals surface area contributed by atoms with Crippen molar-refractivity contribution in [3.05, 3.63) is 81.7 Å². The average molecular weight is 564 g/mol. The van der Waals surface area contributed by atoms with E-state index < -0.39 is 5.63 Å². The van der Waals surface area contributed by atoms with Crippen LogP contribution in [0.3, 0.4) is 0 Å². The zero-order chi connectivity index (χ0) is 26.2. The third-order valence-corrected chi connectivity index (χ3v) is 8.15. The van der Waals surface area contributed by atoms with Crippen LogP contribution in [-0.2, 0) is 4.74 Å². The van der Waals surface area contributed by atoms with Crippen LogP contribution in [-0.4, -0.2) is 55.2 Å². The smallest absolute Gasteiger partial charge is 0.349 e. The maximum atomic E-state index is 14.1. The predicted molar refractivity (Wildman–Crippen MR) is 160 cm³/mol. The van der Waals surface area contributed by atoms with Crippen molar-refractivity contribution in [1.29, 1.82) is 0 Å². The van der Waals surface area contributed by atoms with Crippen molar-refractivity contribution >= 4 is 66.7 Å². The van der Waals surface area contributed by atoms with Gasteiger partial charge < -0.3 is 9.15 Å². The van der Waals surface area contributed by atoms with Crippen molar-refractivity contribution in [2.75, 3.05) is 44.3 Å². The normalized spacial score (nSPS) is 14.1. The Bertz CT molecular complexity index is 1720. The highest BCUT2D eigenvalue weighted by Crippen LogP contribution is 2.33.